The van der Waals surface area contributed by atoms with E-state index in [1.807, 2.05) is 12.3 Å². The molecule has 0 amide bonds. The number of sulfonamides is 1. The molecule has 0 bridgehead atoms. The second kappa shape index (κ2) is 5.79. The Bertz CT molecular complexity index is 682. The van der Waals surface area contributed by atoms with Gasteiger partial charge in [-0.2, -0.15) is 4.31 Å². The Balaban J connectivity index is 2.19. The van der Waals surface area contributed by atoms with Crippen molar-refractivity contribution >= 4 is 27.3 Å². The van der Waals surface area contributed by atoms with E-state index in [0.717, 1.165) is 5.01 Å². The summed E-state index contributed by atoms with van der Waals surface area (Å²) in [5.41, 5.74) is 2.95. The van der Waals surface area contributed by atoms with Gasteiger partial charge in [-0.25, -0.2) is 29.2 Å². The maximum atomic E-state index is 12.3. The van der Waals surface area contributed by atoms with Crippen molar-refractivity contribution in [2.24, 2.45) is 5.84 Å². The molecule has 0 aliphatic carbocycles. The first kappa shape index (κ1) is 14.8. The number of hydrazine groups is 1. The zero-order valence-electron chi connectivity index (χ0n) is 10.9. The minimum atomic E-state index is -3.65. The van der Waals surface area contributed by atoms with Crippen molar-refractivity contribution in [2.45, 2.75) is 18.4 Å². The van der Waals surface area contributed by atoms with Gasteiger partial charge in [-0.3, -0.25) is 5.43 Å². The molecular weight excluding hydrogens is 300 g/mol. The number of nitrogen functional groups attached to an aromatic ring is 1. The predicted octanol–water partition coefficient (Wildman–Crippen LogP) is 0.348. The van der Waals surface area contributed by atoms with Crippen LogP contribution < -0.4 is 11.3 Å². The molecule has 0 radical (unpaired) electrons. The maximum absolute atomic E-state index is 12.3. The van der Waals surface area contributed by atoms with Crippen LogP contribution in [0.2, 0.25) is 0 Å². The third-order valence-corrected chi connectivity index (χ3v) is 5.10. The number of thiazole rings is 1. The van der Waals surface area contributed by atoms with Gasteiger partial charge in [0.15, 0.2) is 0 Å². The van der Waals surface area contributed by atoms with Crippen LogP contribution in [-0.2, 0) is 16.6 Å². The molecule has 0 unspecified atom stereocenters. The Morgan fingerprint density at radius 3 is 2.55 bits per heavy atom. The third-order valence-electron chi connectivity index (χ3n) is 2.52. The number of nitrogens with zero attached hydrogens (tertiary/aromatic N) is 4. The lowest BCUT2D eigenvalue weighted by Crippen LogP contribution is -2.27. The molecule has 0 aromatic carbocycles. The highest BCUT2D eigenvalue weighted by molar-refractivity contribution is 7.89. The molecule has 2 aromatic rings. The second-order valence-electron chi connectivity index (χ2n) is 4.01. The third kappa shape index (κ3) is 3.10. The van der Waals surface area contributed by atoms with E-state index >= 15 is 0 Å². The molecular formula is C10H14N6O2S2. The van der Waals surface area contributed by atoms with E-state index in [9.17, 15) is 8.42 Å². The Labute approximate surface area is 120 Å². The van der Waals surface area contributed by atoms with Crippen LogP contribution in [0.5, 0.6) is 0 Å². The van der Waals surface area contributed by atoms with E-state index in [1.54, 1.807) is 0 Å². The number of nitrogens with two attached hydrogens (primary N) is 1. The lowest BCUT2D eigenvalue weighted by atomic mass is 10.5. The largest absolute Gasteiger partial charge is 0.292 e. The van der Waals surface area contributed by atoms with Gasteiger partial charge in [0.05, 0.1) is 29.6 Å². The van der Waals surface area contributed by atoms with Gasteiger partial charge in [0.1, 0.15) is 4.90 Å². The van der Waals surface area contributed by atoms with Gasteiger partial charge in [0.25, 0.3) is 0 Å². The fourth-order valence-corrected chi connectivity index (χ4v) is 3.14. The van der Waals surface area contributed by atoms with Gasteiger partial charge in [-0.1, -0.05) is 0 Å². The van der Waals surface area contributed by atoms with Crippen LogP contribution in [0.4, 0.5) is 5.95 Å². The summed E-state index contributed by atoms with van der Waals surface area (Å²) in [6, 6.07) is 0. The van der Waals surface area contributed by atoms with Crippen LogP contribution in [0.1, 0.15) is 10.7 Å². The van der Waals surface area contributed by atoms with Crippen LogP contribution in [0, 0.1) is 6.92 Å². The van der Waals surface area contributed by atoms with E-state index in [0.29, 0.717) is 5.69 Å². The number of aromatic nitrogens is 3. The average molecular weight is 314 g/mol. The molecule has 2 aromatic heterocycles. The standard InChI is InChI=1S/C10H14N6O2S2/c1-7-14-8(6-19-7)5-16(2)20(17,18)9-3-12-10(15-11)13-4-9/h3-4,6H,5,11H2,1-2H3,(H,12,13,15). The molecule has 0 saturated carbocycles. The molecule has 0 atom stereocenters. The molecule has 0 aliphatic rings. The summed E-state index contributed by atoms with van der Waals surface area (Å²) in [6.07, 6.45) is 2.42. The van der Waals surface area contributed by atoms with Crippen molar-refractivity contribution in [3.63, 3.8) is 0 Å². The van der Waals surface area contributed by atoms with E-state index in [2.05, 4.69) is 20.4 Å². The Kier molecular flexibility index (Phi) is 4.28. The van der Waals surface area contributed by atoms with E-state index in [4.69, 9.17) is 5.84 Å². The van der Waals surface area contributed by atoms with Gasteiger partial charge in [-0.05, 0) is 6.92 Å². The Morgan fingerprint density at radius 2 is 2.05 bits per heavy atom. The van der Waals surface area contributed by atoms with Crippen molar-refractivity contribution in [2.75, 3.05) is 12.5 Å². The quantitative estimate of drug-likeness (QED) is 0.604. The molecule has 20 heavy (non-hydrogen) atoms. The van der Waals surface area contributed by atoms with Gasteiger partial charge in [-0.15, -0.1) is 11.3 Å². The van der Waals surface area contributed by atoms with Crippen molar-refractivity contribution < 1.29 is 8.42 Å². The summed E-state index contributed by atoms with van der Waals surface area (Å²) in [5, 5.41) is 2.73. The smallest absolute Gasteiger partial charge is 0.246 e. The fourth-order valence-electron chi connectivity index (χ4n) is 1.50. The Morgan fingerprint density at radius 1 is 1.40 bits per heavy atom. The lowest BCUT2D eigenvalue weighted by Gasteiger charge is -2.15. The molecule has 8 nitrogen and oxygen atoms in total. The van der Waals surface area contributed by atoms with E-state index in [1.165, 1.54) is 35.1 Å². The summed E-state index contributed by atoms with van der Waals surface area (Å²) in [5.74, 6) is 5.29. The molecule has 0 fully saturated rings. The number of nitrogens with one attached hydrogen (secondary N) is 1. The molecule has 10 heteroatoms. The molecule has 0 aliphatic heterocycles. The lowest BCUT2D eigenvalue weighted by molar-refractivity contribution is 0.462. The highest BCUT2D eigenvalue weighted by atomic mass is 32.2. The fraction of sp³-hybridized carbons (Fsp3) is 0.300. The number of hydrogen-bond donors (Lipinski definition) is 2. The first-order chi connectivity index (χ1) is 9.43. The van der Waals surface area contributed by atoms with Gasteiger partial charge in [0.2, 0.25) is 16.0 Å². The highest BCUT2D eigenvalue weighted by Crippen LogP contribution is 2.17. The second-order valence-corrected chi connectivity index (χ2v) is 7.11. The van der Waals surface area contributed by atoms with Crippen LogP contribution >= 0.6 is 11.3 Å². The molecule has 108 valence electrons. The number of rotatable bonds is 5. The van der Waals surface area contributed by atoms with Crippen LogP contribution in [0.25, 0.3) is 0 Å². The summed E-state index contributed by atoms with van der Waals surface area (Å²) in [6.45, 7) is 2.07. The predicted molar refractivity (Wildman–Crippen MR) is 75.3 cm³/mol. The number of hydrogen-bond acceptors (Lipinski definition) is 8. The van der Waals surface area contributed by atoms with Gasteiger partial charge in [0, 0.05) is 12.4 Å². The van der Waals surface area contributed by atoms with Crippen LogP contribution in [-0.4, -0.2) is 34.7 Å². The van der Waals surface area contributed by atoms with Crippen molar-refractivity contribution in [3.8, 4) is 0 Å². The topological polar surface area (TPSA) is 114 Å². The minimum Gasteiger partial charge on any atom is -0.292 e. The molecule has 3 N–H and O–H groups in total. The van der Waals surface area contributed by atoms with Crippen LogP contribution in [0.15, 0.2) is 22.7 Å². The Hall–Kier alpha value is -1.62. The average Bonchev–Trinajstić information content (AvgIpc) is 2.84. The summed E-state index contributed by atoms with van der Waals surface area (Å²) < 4.78 is 25.8. The van der Waals surface area contributed by atoms with E-state index in [-0.39, 0.29) is 17.4 Å². The number of aryl methyl sites for hydroxylation is 1. The van der Waals surface area contributed by atoms with Gasteiger partial charge < -0.3 is 0 Å². The normalized spacial score (nSPS) is 11.8. The SMILES string of the molecule is Cc1nc(CN(C)S(=O)(=O)c2cnc(NN)nc2)cs1. The van der Waals surface area contributed by atoms with Gasteiger partial charge >= 0.3 is 0 Å². The zero-order chi connectivity index (χ0) is 14.8. The number of anilines is 1. The van der Waals surface area contributed by atoms with Crippen LogP contribution in [0.3, 0.4) is 0 Å². The van der Waals surface area contributed by atoms with Crippen molar-refractivity contribution in [1.82, 2.24) is 19.3 Å². The molecule has 2 rings (SSSR count). The van der Waals surface area contributed by atoms with Crippen molar-refractivity contribution in [1.29, 1.82) is 0 Å². The monoisotopic (exact) mass is 314 g/mol. The van der Waals surface area contributed by atoms with E-state index < -0.39 is 10.0 Å². The minimum absolute atomic E-state index is 0.00551. The first-order valence-corrected chi connectivity index (χ1v) is 7.91. The summed E-state index contributed by atoms with van der Waals surface area (Å²) >= 11 is 1.48. The molecule has 0 spiro atoms. The molecule has 0 saturated heterocycles. The summed E-state index contributed by atoms with van der Waals surface area (Å²) in [4.78, 5) is 11.8. The highest BCUT2D eigenvalue weighted by Gasteiger charge is 2.22. The molecule has 2 heterocycles. The maximum Gasteiger partial charge on any atom is 0.246 e. The zero-order valence-corrected chi connectivity index (χ0v) is 12.6. The van der Waals surface area contributed by atoms with Crippen molar-refractivity contribution in [3.05, 3.63) is 28.5 Å². The first-order valence-electron chi connectivity index (χ1n) is 5.59. The summed E-state index contributed by atoms with van der Waals surface area (Å²) in [7, 11) is -2.16.